The highest BCUT2D eigenvalue weighted by atomic mass is 16.6. The zero-order valence-electron chi connectivity index (χ0n) is 15.4. The van der Waals surface area contributed by atoms with Crippen LogP contribution in [0.3, 0.4) is 0 Å². The monoisotopic (exact) mass is 392 g/mol. The quantitative estimate of drug-likeness (QED) is 0.393. The van der Waals surface area contributed by atoms with Crippen LogP contribution in [0.2, 0.25) is 0 Å². The number of phenolic OH excluding ortho intramolecular Hbond substituents is 1. The van der Waals surface area contributed by atoms with Gasteiger partial charge in [-0.3, -0.25) is 9.59 Å². The van der Waals surface area contributed by atoms with E-state index in [0.29, 0.717) is 34.1 Å². The number of aromatic hydroxyl groups is 1. The van der Waals surface area contributed by atoms with Crippen LogP contribution in [0.5, 0.6) is 5.75 Å². The number of cyclic esters (lactones) is 1. The molecule has 0 bridgehead atoms. The zero-order chi connectivity index (χ0) is 20.5. The predicted molar refractivity (Wildman–Crippen MR) is 102 cm³/mol. The highest BCUT2D eigenvalue weighted by molar-refractivity contribution is 6.03. The molecule has 0 saturated carbocycles. The number of rotatable bonds is 2. The molecule has 8 heteroatoms. The van der Waals surface area contributed by atoms with Gasteiger partial charge in [0.1, 0.15) is 12.4 Å². The molecule has 0 saturated heterocycles. The van der Waals surface area contributed by atoms with Gasteiger partial charge in [0, 0.05) is 16.7 Å². The van der Waals surface area contributed by atoms with Crippen molar-refractivity contribution in [1.82, 2.24) is 9.55 Å². The van der Waals surface area contributed by atoms with Gasteiger partial charge >= 0.3 is 5.97 Å². The second-order valence-electron chi connectivity index (χ2n) is 7.24. The van der Waals surface area contributed by atoms with Gasteiger partial charge in [0.15, 0.2) is 11.9 Å². The second kappa shape index (κ2) is 5.74. The van der Waals surface area contributed by atoms with Crippen LogP contribution in [0.1, 0.15) is 40.4 Å². The van der Waals surface area contributed by atoms with Crippen LogP contribution in [0.15, 0.2) is 29.1 Å². The summed E-state index contributed by atoms with van der Waals surface area (Å²) in [5, 5.41) is 21.4. The number of ether oxygens (including phenoxy) is 1. The summed E-state index contributed by atoms with van der Waals surface area (Å²) < 4.78 is 6.50. The molecule has 2 aromatic heterocycles. The van der Waals surface area contributed by atoms with Crippen molar-refractivity contribution in [2.45, 2.75) is 32.1 Å². The molecule has 0 fully saturated rings. The van der Waals surface area contributed by atoms with E-state index in [0.717, 1.165) is 0 Å². The Morgan fingerprint density at radius 1 is 1.31 bits per heavy atom. The lowest BCUT2D eigenvalue weighted by Gasteiger charge is -2.31. The first-order chi connectivity index (χ1) is 13.9. The third-order valence-corrected chi connectivity index (χ3v) is 5.85. The molecule has 146 valence electrons. The van der Waals surface area contributed by atoms with Crippen LogP contribution in [0, 0.1) is 0 Å². The fourth-order valence-electron chi connectivity index (χ4n) is 4.28. The summed E-state index contributed by atoms with van der Waals surface area (Å²) in [5.41, 5.74) is 0.142. The van der Waals surface area contributed by atoms with Crippen molar-refractivity contribution in [1.29, 1.82) is 0 Å². The molecule has 0 aliphatic carbocycles. The molecule has 29 heavy (non-hydrogen) atoms. The number of aromatic nitrogens is 2. The van der Waals surface area contributed by atoms with E-state index in [-0.39, 0.29) is 42.0 Å². The molecule has 2 N–H and O–H groups in total. The van der Waals surface area contributed by atoms with E-state index in [9.17, 15) is 24.6 Å². The van der Waals surface area contributed by atoms with Crippen molar-refractivity contribution in [2.75, 3.05) is 0 Å². The molecule has 2 aliphatic heterocycles. The molecule has 0 amide bonds. The van der Waals surface area contributed by atoms with Crippen molar-refractivity contribution >= 4 is 23.2 Å². The number of aldehydes is 1. The van der Waals surface area contributed by atoms with Crippen LogP contribution in [0.25, 0.3) is 22.3 Å². The molecule has 3 aromatic rings. The molecule has 2 aliphatic rings. The first-order valence-electron chi connectivity index (χ1n) is 9.17. The van der Waals surface area contributed by atoms with Gasteiger partial charge in [-0.05, 0) is 24.6 Å². The Bertz CT molecular complexity index is 1310. The Labute approximate surface area is 164 Å². The van der Waals surface area contributed by atoms with Crippen molar-refractivity contribution in [3.05, 3.63) is 56.9 Å². The van der Waals surface area contributed by atoms with E-state index in [1.807, 2.05) is 0 Å². The normalized spacial score (nSPS) is 19.4. The van der Waals surface area contributed by atoms with E-state index in [4.69, 9.17) is 4.74 Å². The molecule has 4 heterocycles. The van der Waals surface area contributed by atoms with Gasteiger partial charge in [0.2, 0.25) is 0 Å². The summed E-state index contributed by atoms with van der Waals surface area (Å²) >= 11 is 0. The van der Waals surface area contributed by atoms with Crippen molar-refractivity contribution < 1.29 is 24.5 Å². The maximum absolute atomic E-state index is 13.1. The maximum atomic E-state index is 13.1. The van der Waals surface area contributed by atoms with E-state index in [1.54, 1.807) is 25.1 Å². The van der Waals surface area contributed by atoms with Gasteiger partial charge in [-0.1, -0.05) is 13.0 Å². The zero-order valence-corrected chi connectivity index (χ0v) is 15.4. The lowest BCUT2D eigenvalue weighted by molar-refractivity contribution is -0.172. The standard InChI is InChI=1S/C21H16N2O6/c1-2-21(28)13-6-15-18-10(7-23(15)19(26)12(13)9-29-20(21)27)11(8-24)17-14(22-18)4-3-5-16(17)25/h3-6,8,25,28H,2,7,9H2,1H3/t21-/m0/s1. The summed E-state index contributed by atoms with van der Waals surface area (Å²) in [6, 6.07) is 6.34. The number of benzene rings is 1. The van der Waals surface area contributed by atoms with E-state index >= 15 is 0 Å². The minimum Gasteiger partial charge on any atom is -0.507 e. The number of fused-ring (bicyclic) bond motifs is 5. The van der Waals surface area contributed by atoms with Gasteiger partial charge in [-0.25, -0.2) is 9.78 Å². The summed E-state index contributed by atoms with van der Waals surface area (Å²) in [6.45, 7) is 1.51. The smallest absolute Gasteiger partial charge is 0.343 e. The molecule has 0 unspecified atom stereocenters. The lowest BCUT2D eigenvalue weighted by atomic mass is 9.86. The Kier molecular flexibility index (Phi) is 3.48. The Balaban J connectivity index is 1.87. The third-order valence-electron chi connectivity index (χ3n) is 5.85. The van der Waals surface area contributed by atoms with Crippen molar-refractivity contribution in [3.63, 3.8) is 0 Å². The number of carbonyl (C=O) groups is 2. The van der Waals surface area contributed by atoms with Crippen LogP contribution < -0.4 is 5.56 Å². The van der Waals surface area contributed by atoms with Crippen LogP contribution in [0.4, 0.5) is 0 Å². The number of aliphatic hydroxyl groups is 1. The van der Waals surface area contributed by atoms with Crippen LogP contribution in [-0.2, 0) is 28.3 Å². The minimum atomic E-state index is -1.91. The first-order valence-corrected chi connectivity index (χ1v) is 9.17. The molecule has 8 nitrogen and oxygen atoms in total. The molecule has 1 atom stereocenters. The number of hydrogen-bond acceptors (Lipinski definition) is 7. The van der Waals surface area contributed by atoms with Crippen LogP contribution >= 0.6 is 0 Å². The van der Waals surface area contributed by atoms with Crippen LogP contribution in [-0.4, -0.2) is 32.0 Å². The van der Waals surface area contributed by atoms with Gasteiger partial charge in [-0.15, -0.1) is 0 Å². The maximum Gasteiger partial charge on any atom is 0.343 e. The third kappa shape index (κ3) is 2.11. The molecular formula is C21H16N2O6. The number of nitrogens with zero attached hydrogens (tertiary/aromatic N) is 2. The molecular weight excluding hydrogens is 376 g/mol. The SMILES string of the molecule is CC[C@@]1(O)C(=O)OCc2c1cc1n(c2=O)Cc2c-1nc1cccc(O)c1c2C=O. The Morgan fingerprint density at radius 2 is 2.10 bits per heavy atom. The van der Waals surface area contributed by atoms with E-state index in [1.165, 1.54) is 10.6 Å². The predicted octanol–water partition coefficient (Wildman–Crippen LogP) is 1.60. The average molecular weight is 392 g/mol. The summed E-state index contributed by atoms with van der Waals surface area (Å²) in [4.78, 5) is 41.8. The Morgan fingerprint density at radius 3 is 2.83 bits per heavy atom. The number of esters is 1. The van der Waals surface area contributed by atoms with Crippen molar-refractivity contribution in [3.8, 4) is 17.1 Å². The summed E-state index contributed by atoms with van der Waals surface area (Å²) in [7, 11) is 0. The Hall–Kier alpha value is -3.52. The fraction of sp³-hybridized carbons (Fsp3) is 0.238. The fourth-order valence-corrected chi connectivity index (χ4v) is 4.28. The number of pyridine rings is 2. The van der Waals surface area contributed by atoms with Gasteiger partial charge < -0.3 is 19.5 Å². The molecule has 0 radical (unpaired) electrons. The highest BCUT2D eigenvalue weighted by Crippen LogP contribution is 2.40. The molecule has 1 aromatic carbocycles. The van der Waals surface area contributed by atoms with Crippen molar-refractivity contribution in [2.24, 2.45) is 0 Å². The summed E-state index contributed by atoms with van der Waals surface area (Å²) in [6.07, 6.45) is 0.696. The largest absolute Gasteiger partial charge is 0.507 e. The van der Waals surface area contributed by atoms with E-state index in [2.05, 4.69) is 4.98 Å². The molecule has 0 spiro atoms. The highest BCUT2D eigenvalue weighted by Gasteiger charge is 2.45. The second-order valence-corrected chi connectivity index (χ2v) is 7.24. The number of carbonyl (C=O) groups excluding carboxylic acids is 2. The van der Waals surface area contributed by atoms with Gasteiger partial charge in [0.05, 0.1) is 34.4 Å². The first kappa shape index (κ1) is 17.6. The number of phenols is 1. The lowest BCUT2D eigenvalue weighted by Crippen LogP contribution is -2.44. The number of hydrogen-bond donors (Lipinski definition) is 2. The minimum absolute atomic E-state index is 0.0488. The summed E-state index contributed by atoms with van der Waals surface area (Å²) in [5.74, 6) is -0.859. The van der Waals surface area contributed by atoms with Gasteiger partial charge in [-0.2, -0.15) is 0 Å². The van der Waals surface area contributed by atoms with Gasteiger partial charge in [0.25, 0.3) is 5.56 Å². The topological polar surface area (TPSA) is 119 Å². The average Bonchev–Trinajstić information content (AvgIpc) is 3.08. The molecule has 5 rings (SSSR count). The van der Waals surface area contributed by atoms with E-state index < -0.39 is 17.1 Å².